The third-order valence-electron chi connectivity index (χ3n) is 5.25. The number of carbonyl (C=O) groups is 2. The van der Waals surface area contributed by atoms with Gasteiger partial charge in [0.15, 0.2) is 0 Å². The van der Waals surface area contributed by atoms with Crippen LogP contribution in [0.4, 0.5) is 4.79 Å². The van der Waals surface area contributed by atoms with E-state index in [1.807, 2.05) is 18.7 Å². The minimum absolute atomic E-state index is 0.0344. The normalized spacial score (nSPS) is 17.4. The summed E-state index contributed by atoms with van der Waals surface area (Å²) in [7, 11) is 0. The third-order valence-corrected chi connectivity index (χ3v) is 5.25. The van der Waals surface area contributed by atoms with Crippen molar-refractivity contribution in [2.24, 2.45) is 0 Å². The Labute approximate surface area is 169 Å². The van der Waals surface area contributed by atoms with E-state index in [9.17, 15) is 9.59 Å². The summed E-state index contributed by atoms with van der Waals surface area (Å²) in [4.78, 5) is 41.6. The lowest BCUT2D eigenvalue weighted by Gasteiger charge is -2.38. The molecule has 0 radical (unpaired) electrons. The van der Waals surface area contributed by atoms with Gasteiger partial charge in [0.1, 0.15) is 6.33 Å². The lowest BCUT2D eigenvalue weighted by molar-refractivity contribution is 0.0450. The van der Waals surface area contributed by atoms with Crippen LogP contribution < -0.4 is 0 Å². The van der Waals surface area contributed by atoms with Crippen LogP contribution in [0.3, 0.4) is 0 Å². The SMILES string of the molecule is CC(C)OC(=O)N1CCC(N(C(=O)c2cnc(-n3ccnc3)nc2)C2CC2)CC1. The molecule has 1 aliphatic heterocycles. The molecule has 154 valence electrons. The number of rotatable bonds is 5. The number of hydrogen-bond donors (Lipinski definition) is 0. The Bertz CT molecular complexity index is 840. The summed E-state index contributed by atoms with van der Waals surface area (Å²) in [5, 5.41) is 0. The summed E-state index contributed by atoms with van der Waals surface area (Å²) in [5.74, 6) is 0.446. The average molecular weight is 398 g/mol. The smallest absolute Gasteiger partial charge is 0.410 e. The highest BCUT2D eigenvalue weighted by atomic mass is 16.6. The van der Waals surface area contributed by atoms with E-state index >= 15 is 0 Å². The molecule has 1 saturated carbocycles. The summed E-state index contributed by atoms with van der Waals surface area (Å²) in [6.45, 7) is 4.89. The molecule has 0 bridgehead atoms. The number of hydrogen-bond acceptors (Lipinski definition) is 6. The summed E-state index contributed by atoms with van der Waals surface area (Å²) in [6, 6.07) is 0.390. The molecule has 2 fully saturated rings. The molecule has 1 saturated heterocycles. The first kappa shape index (κ1) is 19.4. The van der Waals surface area contributed by atoms with Crippen molar-refractivity contribution in [3.05, 3.63) is 36.7 Å². The molecule has 2 aromatic rings. The van der Waals surface area contributed by atoms with Gasteiger partial charge in [0.25, 0.3) is 5.91 Å². The molecule has 0 spiro atoms. The van der Waals surface area contributed by atoms with Crippen molar-refractivity contribution < 1.29 is 14.3 Å². The lowest BCUT2D eigenvalue weighted by atomic mass is 10.0. The first-order chi connectivity index (χ1) is 14.0. The topological polar surface area (TPSA) is 93.5 Å². The minimum Gasteiger partial charge on any atom is -0.447 e. The molecular formula is C20H26N6O3. The Morgan fingerprint density at radius 1 is 1.10 bits per heavy atom. The summed E-state index contributed by atoms with van der Waals surface area (Å²) in [6.07, 6.45) is 11.3. The van der Waals surface area contributed by atoms with E-state index in [0.717, 1.165) is 25.7 Å². The van der Waals surface area contributed by atoms with E-state index in [0.29, 0.717) is 24.6 Å². The monoisotopic (exact) mass is 398 g/mol. The molecule has 2 aliphatic rings. The van der Waals surface area contributed by atoms with Gasteiger partial charge in [-0.1, -0.05) is 0 Å². The number of amides is 2. The maximum atomic E-state index is 13.2. The molecule has 29 heavy (non-hydrogen) atoms. The first-order valence-corrected chi connectivity index (χ1v) is 10.1. The Kier molecular flexibility index (Phi) is 5.46. The molecule has 0 N–H and O–H groups in total. The van der Waals surface area contributed by atoms with Gasteiger partial charge in [0.2, 0.25) is 5.95 Å². The van der Waals surface area contributed by atoms with Gasteiger partial charge >= 0.3 is 6.09 Å². The van der Waals surface area contributed by atoms with Crippen LogP contribution in [0.25, 0.3) is 5.95 Å². The molecule has 9 nitrogen and oxygen atoms in total. The fourth-order valence-corrected chi connectivity index (χ4v) is 3.68. The van der Waals surface area contributed by atoms with Crippen molar-refractivity contribution in [3.8, 4) is 5.95 Å². The van der Waals surface area contributed by atoms with Crippen LogP contribution in [-0.2, 0) is 4.74 Å². The number of ether oxygens (including phenoxy) is 1. The molecule has 0 atom stereocenters. The molecule has 4 rings (SSSR count). The van der Waals surface area contributed by atoms with Gasteiger partial charge < -0.3 is 14.5 Å². The van der Waals surface area contributed by atoms with Crippen LogP contribution in [-0.4, -0.2) is 72.6 Å². The fraction of sp³-hybridized carbons (Fsp3) is 0.550. The maximum Gasteiger partial charge on any atom is 0.410 e. The molecule has 0 unspecified atom stereocenters. The zero-order valence-corrected chi connectivity index (χ0v) is 16.8. The molecule has 2 amide bonds. The highest BCUT2D eigenvalue weighted by Gasteiger charge is 2.39. The third kappa shape index (κ3) is 4.38. The Morgan fingerprint density at radius 3 is 2.31 bits per heavy atom. The van der Waals surface area contributed by atoms with E-state index in [-0.39, 0.29) is 30.2 Å². The van der Waals surface area contributed by atoms with Crippen molar-refractivity contribution in [1.29, 1.82) is 0 Å². The van der Waals surface area contributed by atoms with Gasteiger partial charge in [-0.05, 0) is 39.5 Å². The molecule has 0 aromatic carbocycles. The lowest BCUT2D eigenvalue weighted by Crippen LogP contribution is -2.50. The van der Waals surface area contributed by atoms with Gasteiger partial charge in [-0.2, -0.15) is 0 Å². The van der Waals surface area contributed by atoms with Crippen LogP contribution in [0.5, 0.6) is 0 Å². The minimum atomic E-state index is -0.272. The molecule has 3 heterocycles. The predicted octanol–water partition coefficient (Wildman–Crippen LogP) is 2.28. The van der Waals surface area contributed by atoms with Crippen molar-refractivity contribution in [2.75, 3.05) is 13.1 Å². The largest absolute Gasteiger partial charge is 0.447 e. The number of nitrogens with zero attached hydrogens (tertiary/aromatic N) is 6. The molecule has 9 heteroatoms. The van der Waals surface area contributed by atoms with E-state index < -0.39 is 0 Å². The molecular weight excluding hydrogens is 372 g/mol. The highest BCUT2D eigenvalue weighted by Crippen LogP contribution is 2.33. The zero-order valence-electron chi connectivity index (χ0n) is 16.8. The van der Waals surface area contributed by atoms with Crippen molar-refractivity contribution >= 4 is 12.0 Å². The van der Waals surface area contributed by atoms with E-state index in [4.69, 9.17) is 4.74 Å². The number of aromatic nitrogens is 4. The van der Waals surface area contributed by atoms with Gasteiger partial charge in [0.05, 0.1) is 11.7 Å². The zero-order chi connectivity index (χ0) is 20.4. The second-order valence-electron chi connectivity index (χ2n) is 7.84. The highest BCUT2D eigenvalue weighted by molar-refractivity contribution is 5.94. The van der Waals surface area contributed by atoms with Crippen molar-refractivity contribution in [3.63, 3.8) is 0 Å². The van der Waals surface area contributed by atoms with Crippen LogP contribution in [0.15, 0.2) is 31.1 Å². The van der Waals surface area contributed by atoms with Gasteiger partial charge in [-0.15, -0.1) is 0 Å². The number of likely N-dealkylation sites (tertiary alicyclic amines) is 1. The average Bonchev–Trinajstić information content (AvgIpc) is 3.39. The molecule has 2 aromatic heterocycles. The summed E-state index contributed by atoms with van der Waals surface area (Å²) in [5.41, 5.74) is 0.488. The van der Waals surface area contributed by atoms with Crippen LogP contribution in [0, 0.1) is 0 Å². The number of carbonyl (C=O) groups excluding carboxylic acids is 2. The number of imidazole rings is 1. The summed E-state index contributed by atoms with van der Waals surface area (Å²) < 4.78 is 6.98. The quantitative estimate of drug-likeness (QED) is 0.767. The van der Waals surface area contributed by atoms with E-state index in [1.54, 1.807) is 40.6 Å². The summed E-state index contributed by atoms with van der Waals surface area (Å²) >= 11 is 0. The van der Waals surface area contributed by atoms with Crippen LogP contribution in [0.1, 0.15) is 49.9 Å². The van der Waals surface area contributed by atoms with Crippen molar-refractivity contribution in [2.45, 2.75) is 57.7 Å². The Hall–Kier alpha value is -2.97. The van der Waals surface area contributed by atoms with Crippen molar-refractivity contribution in [1.82, 2.24) is 29.3 Å². The van der Waals surface area contributed by atoms with E-state index in [1.165, 1.54) is 0 Å². The molecule has 1 aliphatic carbocycles. The first-order valence-electron chi connectivity index (χ1n) is 10.1. The van der Waals surface area contributed by atoms with Gasteiger partial charge in [-0.25, -0.2) is 19.7 Å². The number of piperidine rings is 1. The fourth-order valence-electron chi connectivity index (χ4n) is 3.68. The maximum absolute atomic E-state index is 13.2. The standard InChI is InChI=1S/C20H26N6O3/c1-14(2)29-20(28)24-8-5-17(6-9-24)26(16-3-4-16)18(27)15-11-22-19(23-12-15)25-10-7-21-13-25/h7,10-14,16-17H,3-6,8-9H2,1-2H3. The Balaban J connectivity index is 1.42. The van der Waals surface area contributed by atoms with Crippen LogP contribution in [0.2, 0.25) is 0 Å². The second-order valence-corrected chi connectivity index (χ2v) is 7.84. The van der Waals surface area contributed by atoms with Gasteiger partial charge in [0, 0.05) is 50.0 Å². The van der Waals surface area contributed by atoms with Crippen LogP contribution >= 0.6 is 0 Å². The predicted molar refractivity (Wildman–Crippen MR) is 105 cm³/mol. The second kappa shape index (κ2) is 8.18. The van der Waals surface area contributed by atoms with Gasteiger partial charge in [-0.3, -0.25) is 9.36 Å². The Morgan fingerprint density at radius 2 is 1.76 bits per heavy atom. The van der Waals surface area contributed by atoms with E-state index in [2.05, 4.69) is 15.0 Å².